The Balaban J connectivity index is 1.93. The fraction of sp³-hybridized carbons (Fsp3) is 0.650. The summed E-state index contributed by atoms with van der Waals surface area (Å²) < 4.78 is 42.9. The van der Waals surface area contributed by atoms with E-state index in [-0.39, 0.29) is 4.75 Å². The molecular weight excluding hydrogens is 389 g/mol. The lowest BCUT2D eigenvalue weighted by Gasteiger charge is -2.43. The van der Waals surface area contributed by atoms with Gasteiger partial charge in [-0.15, -0.1) is 10.3 Å². The van der Waals surface area contributed by atoms with Crippen LogP contribution in [0.25, 0.3) is 0 Å². The van der Waals surface area contributed by atoms with Crippen molar-refractivity contribution in [1.82, 2.24) is 0 Å². The van der Waals surface area contributed by atoms with Crippen LogP contribution in [0.3, 0.4) is 0 Å². The number of benzene rings is 1. The van der Waals surface area contributed by atoms with Gasteiger partial charge in [0.15, 0.2) is 0 Å². The van der Waals surface area contributed by atoms with Crippen LogP contribution in [0.15, 0.2) is 23.4 Å². The summed E-state index contributed by atoms with van der Waals surface area (Å²) in [6.45, 7) is 6.53. The Kier molecular flexibility index (Phi) is 7.31. The lowest BCUT2D eigenvalue weighted by Crippen LogP contribution is -2.26. The molecular formula is C20H31F3N2O2S. The van der Waals surface area contributed by atoms with Crippen LogP contribution < -0.4 is 5.32 Å². The molecule has 0 fully saturated rings. The van der Waals surface area contributed by atoms with Crippen molar-refractivity contribution in [1.29, 1.82) is 0 Å². The third-order valence-electron chi connectivity index (χ3n) is 4.96. The van der Waals surface area contributed by atoms with Crippen molar-refractivity contribution in [2.24, 2.45) is 5.16 Å². The summed E-state index contributed by atoms with van der Waals surface area (Å²) in [6, 6.07) is 5.86. The number of fused-ring (bicyclic) bond motifs is 1. The van der Waals surface area contributed by atoms with E-state index >= 15 is 0 Å². The minimum atomic E-state index is -4.37. The predicted molar refractivity (Wildman–Crippen MR) is 112 cm³/mol. The van der Waals surface area contributed by atoms with Gasteiger partial charge in [0.2, 0.25) is 6.61 Å². The maximum atomic E-state index is 12.2. The molecule has 1 aliphatic rings. The molecule has 0 radical (unpaired) electrons. The molecule has 0 bridgehead atoms. The summed E-state index contributed by atoms with van der Waals surface area (Å²) in [5.41, 5.74) is 3.50. The fourth-order valence-corrected chi connectivity index (χ4v) is 3.53. The van der Waals surface area contributed by atoms with Gasteiger partial charge in [-0.2, -0.15) is 13.2 Å². The number of nitrogens with zero attached hydrogens (tertiary/aromatic N) is 1. The summed E-state index contributed by atoms with van der Waals surface area (Å²) in [5, 5.41) is 7.09. The Bertz CT molecular complexity index is 698. The largest absolute Gasteiger partial charge is 0.425 e. The molecule has 1 N–H and O–H groups in total. The van der Waals surface area contributed by atoms with Gasteiger partial charge < -0.3 is 14.3 Å². The second kappa shape index (κ2) is 8.95. The van der Waals surface area contributed by atoms with E-state index in [0.717, 1.165) is 29.7 Å². The second-order valence-electron chi connectivity index (χ2n) is 8.25. The van der Waals surface area contributed by atoms with E-state index in [1.165, 1.54) is 0 Å². The van der Waals surface area contributed by atoms with Crippen LogP contribution in [-0.4, -0.2) is 48.9 Å². The van der Waals surface area contributed by atoms with Crippen molar-refractivity contribution in [3.05, 3.63) is 29.3 Å². The summed E-state index contributed by atoms with van der Waals surface area (Å²) in [7, 11) is -1.14. The first-order valence-electron chi connectivity index (χ1n) is 9.39. The van der Waals surface area contributed by atoms with E-state index in [2.05, 4.69) is 48.6 Å². The van der Waals surface area contributed by atoms with Crippen LogP contribution in [0.4, 0.5) is 18.9 Å². The van der Waals surface area contributed by atoms with Gasteiger partial charge in [0.05, 0.1) is 12.3 Å². The van der Waals surface area contributed by atoms with E-state index in [0.29, 0.717) is 25.3 Å². The van der Waals surface area contributed by atoms with Crippen molar-refractivity contribution in [3.63, 3.8) is 0 Å². The molecule has 1 aromatic rings. The van der Waals surface area contributed by atoms with Gasteiger partial charge in [-0.25, -0.2) is 0 Å². The number of anilines is 1. The van der Waals surface area contributed by atoms with Crippen LogP contribution >= 0.6 is 10.3 Å². The van der Waals surface area contributed by atoms with Crippen LogP contribution in [0.2, 0.25) is 0 Å². The number of hydrogen-bond donors (Lipinski definition) is 1. The zero-order valence-corrected chi connectivity index (χ0v) is 18.1. The smallest absolute Gasteiger partial charge is 0.386 e. The van der Waals surface area contributed by atoms with Crippen LogP contribution in [0.1, 0.15) is 44.7 Å². The van der Waals surface area contributed by atoms with Gasteiger partial charge in [-0.05, 0) is 49.5 Å². The molecule has 4 nitrogen and oxygen atoms in total. The zero-order valence-electron chi connectivity index (χ0n) is 17.3. The number of alkyl halides is 3. The van der Waals surface area contributed by atoms with Crippen molar-refractivity contribution in [3.8, 4) is 0 Å². The van der Waals surface area contributed by atoms with Crippen molar-refractivity contribution >= 4 is 21.7 Å². The van der Waals surface area contributed by atoms with Crippen LogP contribution in [0, 0.1) is 0 Å². The predicted octanol–water partition coefficient (Wildman–Crippen LogP) is 5.51. The van der Waals surface area contributed by atoms with Gasteiger partial charge in [0.1, 0.15) is 0 Å². The van der Waals surface area contributed by atoms with Crippen LogP contribution in [0.5, 0.6) is 0 Å². The lowest BCUT2D eigenvalue weighted by molar-refractivity contribution is -0.173. The molecule has 0 saturated heterocycles. The summed E-state index contributed by atoms with van der Waals surface area (Å²) in [6.07, 6.45) is 2.32. The van der Waals surface area contributed by atoms with Crippen molar-refractivity contribution in [2.75, 3.05) is 37.6 Å². The average Bonchev–Trinajstić information content (AvgIpc) is 2.56. The lowest BCUT2D eigenvalue weighted by atomic mass is 9.90. The van der Waals surface area contributed by atoms with E-state index in [9.17, 15) is 13.2 Å². The topological polar surface area (TPSA) is 42.8 Å². The number of nitrogens with one attached hydrogen (secondary N) is 1. The van der Waals surface area contributed by atoms with E-state index in [1.807, 2.05) is 18.2 Å². The maximum absolute atomic E-state index is 12.2. The highest BCUT2D eigenvalue weighted by atomic mass is 32.3. The number of oxime groups is 1. The summed E-state index contributed by atoms with van der Waals surface area (Å²) in [4.78, 5) is 4.50. The molecule has 0 atom stereocenters. The molecule has 8 heteroatoms. The molecule has 0 aromatic heterocycles. The number of aryl methyl sites for hydroxylation is 1. The Morgan fingerprint density at radius 3 is 2.50 bits per heavy atom. The maximum Gasteiger partial charge on any atom is 0.425 e. The first kappa shape index (κ1) is 22.9. The highest BCUT2D eigenvalue weighted by Gasteiger charge is 2.29. The summed E-state index contributed by atoms with van der Waals surface area (Å²) in [5.74, 6) is 0. The molecule has 0 amide bonds. The Labute approximate surface area is 167 Å². The third kappa shape index (κ3) is 6.58. The molecule has 1 aliphatic carbocycles. The quantitative estimate of drug-likeness (QED) is 0.467. The molecule has 0 aliphatic heterocycles. The monoisotopic (exact) mass is 420 g/mol. The fourth-order valence-electron chi connectivity index (χ4n) is 2.67. The molecule has 0 heterocycles. The van der Waals surface area contributed by atoms with Gasteiger partial charge in [0.25, 0.3) is 0 Å². The van der Waals surface area contributed by atoms with E-state index in [4.69, 9.17) is 4.18 Å². The second-order valence-corrected chi connectivity index (χ2v) is 12.2. The minimum Gasteiger partial charge on any atom is -0.386 e. The standard InChI is InChI=1S/C20H31F3N2O2S/c1-19(2,3)28(4,5)27-12-11-24-16-9-10-17-15(13-16)7-6-8-18(17)25-26-14-20(21,22)23/h9-10,13,24H,6-8,11-12,14H2,1-5H3/b25-18-. The van der Waals surface area contributed by atoms with E-state index in [1.54, 1.807) is 0 Å². The highest BCUT2D eigenvalue weighted by molar-refractivity contribution is 8.29. The first-order valence-corrected chi connectivity index (χ1v) is 11.8. The third-order valence-corrected chi connectivity index (χ3v) is 8.67. The summed E-state index contributed by atoms with van der Waals surface area (Å²) >= 11 is 0. The van der Waals surface area contributed by atoms with Crippen LogP contribution in [-0.2, 0) is 15.4 Å². The van der Waals surface area contributed by atoms with Crippen molar-refractivity contribution in [2.45, 2.75) is 51.0 Å². The number of halogens is 3. The van der Waals surface area contributed by atoms with E-state index < -0.39 is 23.1 Å². The van der Waals surface area contributed by atoms with Gasteiger partial charge >= 0.3 is 6.18 Å². The normalized spacial score (nSPS) is 17.4. The molecule has 28 heavy (non-hydrogen) atoms. The molecule has 2 rings (SSSR count). The molecule has 160 valence electrons. The SMILES string of the molecule is CC(C)(C)S(C)(C)OCCNc1ccc2c(c1)CCC/C2=N/OCC(F)(F)F. The van der Waals surface area contributed by atoms with Gasteiger partial charge in [-0.3, -0.25) is 0 Å². The number of rotatable bonds is 7. The zero-order chi connectivity index (χ0) is 21.0. The Hall–Kier alpha value is -1.41. The average molecular weight is 421 g/mol. The molecule has 0 unspecified atom stereocenters. The first-order chi connectivity index (χ1) is 12.9. The van der Waals surface area contributed by atoms with Crippen molar-refractivity contribution < 1.29 is 22.2 Å². The highest BCUT2D eigenvalue weighted by Crippen LogP contribution is 2.53. The minimum absolute atomic E-state index is 0.128. The Morgan fingerprint density at radius 1 is 1.14 bits per heavy atom. The molecule has 1 aromatic carbocycles. The Morgan fingerprint density at radius 2 is 1.86 bits per heavy atom. The number of hydrogen-bond acceptors (Lipinski definition) is 4. The molecule has 0 spiro atoms. The molecule has 0 saturated carbocycles. The van der Waals surface area contributed by atoms with Gasteiger partial charge in [-0.1, -0.05) is 32.0 Å². The van der Waals surface area contributed by atoms with Gasteiger partial charge in [0, 0.05) is 22.5 Å².